The van der Waals surface area contributed by atoms with Gasteiger partial charge < -0.3 is 43.6 Å². The number of aliphatic hydroxyl groups excluding tert-OH is 2. The first-order chi connectivity index (χ1) is 27.9. The standard InChI is InChI=1S/C44H59N5O8/c1-7-31-32(8-2)36-24-38-34(12-10-14-51)30(4)42(49-38)28-46-40-26-44(57-22-20-55-19-18-54-17-15-52-5)43(56-21-16-53-6)25-39(40)45-27-41-29(3)33(11-9-13-50)37(48-41)23-35(31)47-36/h23-28,49-51H,7-22H2,1-6H3. The summed E-state index contributed by atoms with van der Waals surface area (Å²) in [5.41, 5.74) is 12.9. The van der Waals surface area contributed by atoms with Gasteiger partial charge in [-0.1, -0.05) is 13.8 Å². The van der Waals surface area contributed by atoms with E-state index in [1.54, 1.807) is 20.4 Å². The second kappa shape index (κ2) is 22.4. The van der Waals surface area contributed by atoms with Gasteiger partial charge in [-0.15, -0.1) is 0 Å². The van der Waals surface area contributed by atoms with Gasteiger partial charge in [-0.2, -0.15) is 0 Å². The number of aryl methyl sites for hydroxylation is 2. The van der Waals surface area contributed by atoms with Crippen molar-refractivity contribution in [1.82, 2.24) is 24.9 Å². The summed E-state index contributed by atoms with van der Waals surface area (Å²) in [4.78, 5) is 23.9. The number of nitrogens with zero attached hydrogens (tertiary/aromatic N) is 4. The summed E-state index contributed by atoms with van der Waals surface area (Å²) >= 11 is 0. The fourth-order valence-electron chi connectivity index (χ4n) is 6.97. The fraction of sp³-hybridized carbons (Fsp3) is 0.500. The minimum atomic E-state index is 0.0780. The largest absolute Gasteiger partial charge is 0.487 e. The lowest BCUT2D eigenvalue weighted by Crippen LogP contribution is -2.13. The van der Waals surface area contributed by atoms with E-state index in [0.717, 1.165) is 68.9 Å². The predicted octanol–water partition coefficient (Wildman–Crippen LogP) is 7.09. The molecule has 3 N–H and O–H groups in total. The van der Waals surface area contributed by atoms with Crippen LogP contribution in [0.15, 0.2) is 36.7 Å². The van der Waals surface area contributed by atoms with E-state index in [-0.39, 0.29) is 19.8 Å². The van der Waals surface area contributed by atoms with E-state index in [4.69, 9.17) is 48.4 Å². The fourth-order valence-corrected chi connectivity index (χ4v) is 6.97. The van der Waals surface area contributed by atoms with E-state index < -0.39 is 0 Å². The summed E-state index contributed by atoms with van der Waals surface area (Å²) in [7, 11) is 3.27. The van der Waals surface area contributed by atoms with Crippen molar-refractivity contribution in [2.24, 2.45) is 0 Å². The Bertz CT molecular complexity index is 2080. The Morgan fingerprint density at radius 3 is 1.74 bits per heavy atom. The Balaban J connectivity index is 1.72. The SMILES string of the molecule is CCC1=C(CC)c2cc3[nH]c(cnc4cc(OCCOCCOCCOC)c(OCCOC)cc4ncc4nc(cc1n2)C(CCCO)=C4C)c(C)c3CCCO. The number of allylic oxidation sites excluding steroid dienone is 4. The minimum absolute atomic E-state index is 0.0780. The number of hydrogen-bond acceptors (Lipinski definition) is 12. The Hall–Kier alpha value is -4.50. The lowest BCUT2D eigenvalue weighted by Gasteiger charge is -2.13. The lowest BCUT2D eigenvalue weighted by atomic mass is 9.98. The van der Waals surface area contributed by atoms with Gasteiger partial charge in [-0.3, -0.25) is 9.97 Å². The van der Waals surface area contributed by atoms with Crippen LogP contribution in [0, 0.1) is 6.92 Å². The molecule has 0 aliphatic carbocycles. The normalized spacial score (nSPS) is 12.8. The number of aromatic nitrogens is 5. The summed E-state index contributed by atoms with van der Waals surface area (Å²) in [6.45, 7) is 11.9. The molecule has 0 unspecified atom stereocenters. The Morgan fingerprint density at radius 2 is 1.11 bits per heavy atom. The van der Waals surface area contributed by atoms with E-state index in [1.807, 2.05) is 18.3 Å². The van der Waals surface area contributed by atoms with Crippen molar-refractivity contribution in [3.05, 3.63) is 70.6 Å². The van der Waals surface area contributed by atoms with Crippen molar-refractivity contribution < 1.29 is 38.6 Å². The molecule has 0 saturated carbocycles. The zero-order valence-corrected chi connectivity index (χ0v) is 34.4. The number of aliphatic hydroxyl groups is 2. The molecule has 0 fully saturated rings. The third-order valence-electron chi connectivity index (χ3n) is 10.0. The predicted molar refractivity (Wildman–Crippen MR) is 224 cm³/mol. The van der Waals surface area contributed by atoms with Gasteiger partial charge in [-0.25, -0.2) is 9.97 Å². The second-order valence-corrected chi connectivity index (χ2v) is 13.7. The highest BCUT2D eigenvalue weighted by atomic mass is 16.6. The summed E-state index contributed by atoms with van der Waals surface area (Å²) in [6.07, 6.45) is 7.82. The molecule has 2 aliphatic rings. The van der Waals surface area contributed by atoms with Crippen molar-refractivity contribution in [3.63, 3.8) is 0 Å². The molecule has 13 nitrogen and oxygen atoms in total. The first-order valence-corrected chi connectivity index (χ1v) is 20.0. The average Bonchev–Trinajstić information content (AvgIpc) is 3.81. The maximum Gasteiger partial charge on any atom is 0.163 e. The van der Waals surface area contributed by atoms with Crippen LogP contribution < -0.4 is 9.47 Å². The average molecular weight is 786 g/mol. The number of fused-ring (bicyclic) bond motifs is 7. The van der Waals surface area contributed by atoms with Gasteiger partial charge in [0.15, 0.2) is 11.5 Å². The van der Waals surface area contributed by atoms with Crippen molar-refractivity contribution >= 4 is 44.4 Å². The molecule has 57 heavy (non-hydrogen) atoms. The maximum atomic E-state index is 9.81. The van der Waals surface area contributed by atoms with E-state index in [0.29, 0.717) is 94.5 Å². The zero-order chi connectivity index (χ0) is 40.6. The Labute approximate surface area is 335 Å². The number of ether oxygens (including phenoxy) is 6. The maximum absolute atomic E-state index is 9.81. The van der Waals surface area contributed by atoms with Gasteiger partial charge in [0.05, 0.1) is 91.4 Å². The Morgan fingerprint density at radius 1 is 0.579 bits per heavy atom. The van der Waals surface area contributed by atoms with E-state index >= 15 is 0 Å². The molecular formula is C44H59N5O8. The molecule has 3 aromatic rings. The quantitative estimate of drug-likeness (QED) is 0.0888. The number of benzene rings is 1. The number of aromatic amines is 1. The molecule has 0 radical (unpaired) electrons. The molecule has 1 aromatic carbocycles. The Kier molecular flexibility index (Phi) is 17.2. The van der Waals surface area contributed by atoms with E-state index in [9.17, 15) is 10.2 Å². The molecule has 2 aromatic heterocycles. The van der Waals surface area contributed by atoms with Crippen LogP contribution >= 0.6 is 0 Å². The van der Waals surface area contributed by atoms with Crippen LogP contribution in [0.3, 0.4) is 0 Å². The van der Waals surface area contributed by atoms with Crippen molar-refractivity contribution in [1.29, 1.82) is 0 Å². The zero-order valence-electron chi connectivity index (χ0n) is 34.4. The highest BCUT2D eigenvalue weighted by molar-refractivity contribution is 5.95. The number of nitrogens with one attached hydrogen (secondary N) is 1. The first kappa shape index (κ1) is 43.6. The summed E-state index contributed by atoms with van der Waals surface area (Å²) < 4.78 is 33.9. The van der Waals surface area contributed by atoms with Crippen LogP contribution in [0.25, 0.3) is 44.4 Å². The molecule has 13 heteroatoms. The molecule has 0 saturated heterocycles. The molecule has 0 atom stereocenters. The van der Waals surface area contributed by atoms with Crippen LogP contribution in [0.1, 0.15) is 86.8 Å². The molecule has 6 bridgehead atoms. The summed E-state index contributed by atoms with van der Waals surface area (Å²) in [5, 5.41) is 19.6. The van der Waals surface area contributed by atoms with Gasteiger partial charge in [0, 0.05) is 45.1 Å². The van der Waals surface area contributed by atoms with Crippen molar-refractivity contribution in [2.45, 2.75) is 66.2 Å². The number of hydrogen-bond donors (Lipinski definition) is 3. The van der Waals surface area contributed by atoms with Crippen LogP contribution in [0.2, 0.25) is 0 Å². The van der Waals surface area contributed by atoms with E-state index in [2.05, 4.69) is 44.8 Å². The number of rotatable bonds is 22. The molecule has 4 heterocycles. The van der Waals surface area contributed by atoms with Crippen molar-refractivity contribution in [2.75, 3.05) is 80.3 Å². The molecular weight excluding hydrogens is 727 g/mol. The van der Waals surface area contributed by atoms with Gasteiger partial charge >= 0.3 is 0 Å². The second-order valence-electron chi connectivity index (χ2n) is 13.7. The van der Waals surface area contributed by atoms with Crippen molar-refractivity contribution in [3.8, 4) is 11.5 Å². The molecule has 2 aliphatic heterocycles. The monoisotopic (exact) mass is 785 g/mol. The molecule has 5 rings (SSSR count). The van der Waals surface area contributed by atoms with Crippen LogP contribution in [-0.4, -0.2) is 115 Å². The minimum Gasteiger partial charge on any atom is -0.487 e. The topological polar surface area (TPSA) is 163 Å². The molecule has 0 amide bonds. The lowest BCUT2D eigenvalue weighted by molar-refractivity contribution is 0.0177. The first-order valence-electron chi connectivity index (χ1n) is 20.0. The summed E-state index contributed by atoms with van der Waals surface area (Å²) in [5.74, 6) is 0.985. The molecule has 0 spiro atoms. The van der Waals surface area contributed by atoms with Crippen LogP contribution in [0.4, 0.5) is 0 Å². The summed E-state index contributed by atoms with van der Waals surface area (Å²) in [6, 6.07) is 7.88. The van der Waals surface area contributed by atoms with Crippen LogP contribution in [0.5, 0.6) is 11.5 Å². The highest BCUT2D eigenvalue weighted by Crippen LogP contribution is 2.38. The van der Waals surface area contributed by atoms with Gasteiger partial charge in [0.25, 0.3) is 0 Å². The molecule has 308 valence electrons. The number of H-pyrrole nitrogens is 1. The third-order valence-corrected chi connectivity index (χ3v) is 10.0. The van der Waals surface area contributed by atoms with Gasteiger partial charge in [-0.05, 0) is 97.9 Å². The van der Waals surface area contributed by atoms with Gasteiger partial charge in [0.2, 0.25) is 0 Å². The number of methoxy groups -OCH3 is 2. The smallest absolute Gasteiger partial charge is 0.163 e. The third kappa shape index (κ3) is 11.3. The highest BCUT2D eigenvalue weighted by Gasteiger charge is 2.22. The van der Waals surface area contributed by atoms with Crippen LogP contribution in [-0.2, 0) is 25.4 Å². The van der Waals surface area contributed by atoms with Gasteiger partial charge in [0.1, 0.15) is 13.2 Å². The van der Waals surface area contributed by atoms with E-state index in [1.165, 1.54) is 11.1 Å².